The Morgan fingerprint density at radius 3 is 2.84 bits per heavy atom. The summed E-state index contributed by atoms with van der Waals surface area (Å²) >= 11 is 11.9. The second-order valence-corrected chi connectivity index (χ2v) is 8.25. The first kappa shape index (κ1) is 23.8. The van der Waals surface area contributed by atoms with E-state index in [-0.39, 0.29) is 12.3 Å². The van der Waals surface area contributed by atoms with Gasteiger partial charge in [-0.15, -0.1) is 0 Å². The van der Waals surface area contributed by atoms with Gasteiger partial charge < -0.3 is 9.64 Å². The number of halogens is 2. The Balaban J connectivity index is 1.70. The molecule has 1 amide bonds. The molecule has 0 spiro atoms. The zero-order chi connectivity index (χ0) is 23.1. The highest BCUT2D eigenvalue weighted by Gasteiger charge is 2.24. The Hall–Kier alpha value is -2.84. The van der Waals surface area contributed by atoms with E-state index in [0.29, 0.717) is 27.4 Å². The molecule has 1 saturated heterocycles. The normalized spacial score (nSPS) is 16.2. The van der Waals surface area contributed by atoms with Crippen molar-refractivity contribution in [3.63, 3.8) is 0 Å². The molecule has 1 heterocycles. The van der Waals surface area contributed by atoms with Gasteiger partial charge in [-0.1, -0.05) is 30.1 Å². The first-order valence-electron chi connectivity index (χ1n) is 10.3. The maximum atomic E-state index is 12.1. The van der Waals surface area contributed by atoms with Gasteiger partial charge in [0.1, 0.15) is 5.75 Å². The van der Waals surface area contributed by atoms with Gasteiger partial charge in [0.05, 0.1) is 16.2 Å². The molecule has 3 rings (SSSR count). The lowest BCUT2D eigenvalue weighted by Gasteiger charge is -2.38. The predicted octanol–water partition coefficient (Wildman–Crippen LogP) is 5.20. The van der Waals surface area contributed by atoms with Crippen LogP contribution in [0, 0.1) is 10.1 Å². The fourth-order valence-electron chi connectivity index (χ4n) is 3.70. The molecular formula is C22H24Cl2N4O4. The van der Waals surface area contributed by atoms with Gasteiger partial charge in [-0.3, -0.25) is 14.9 Å². The number of non-ortho nitro benzene ring substituents is 1. The van der Waals surface area contributed by atoms with Crippen LogP contribution in [0.3, 0.4) is 0 Å². The summed E-state index contributed by atoms with van der Waals surface area (Å²) in [6.07, 6.45) is 5.71. The fraction of sp³-hybridized carbons (Fsp3) is 0.364. The molecule has 8 nitrogen and oxygen atoms in total. The van der Waals surface area contributed by atoms with Crippen molar-refractivity contribution in [3.05, 3.63) is 62.1 Å². The van der Waals surface area contributed by atoms with E-state index in [0.717, 1.165) is 31.5 Å². The molecule has 0 bridgehead atoms. The predicted molar refractivity (Wildman–Crippen MR) is 126 cm³/mol. The van der Waals surface area contributed by atoms with Gasteiger partial charge in [-0.2, -0.15) is 5.10 Å². The van der Waals surface area contributed by atoms with Crippen molar-refractivity contribution in [3.8, 4) is 5.75 Å². The summed E-state index contributed by atoms with van der Waals surface area (Å²) in [5.74, 6) is -0.171. The van der Waals surface area contributed by atoms with Crippen LogP contribution < -0.4 is 15.1 Å². The lowest BCUT2D eigenvalue weighted by Crippen LogP contribution is -2.39. The summed E-state index contributed by atoms with van der Waals surface area (Å²) < 4.78 is 5.38. The number of amides is 1. The molecule has 0 aliphatic carbocycles. The molecule has 1 fully saturated rings. The molecular weight excluding hydrogens is 455 g/mol. The van der Waals surface area contributed by atoms with Crippen molar-refractivity contribution >= 4 is 46.7 Å². The summed E-state index contributed by atoms with van der Waals surface area (Å²) in [4.78, 5) is 25.2. The van der Waals surface area contributed by atoms with Crippen LogP contribution in [0.25, 0.3) is 0 Å². The molecule has 170 valence electrons. The van der Waals surface area contributed by atoms with E-state index in [1.54, 1.807) is 18.2 Å². The first-order chi connectivity index (χ1) is 15.4. The zero-order valence-corrected chi connectivity index (χ0v) is 19.1. The van der Waals surface area contributed by atoms with Gasteiger partial charge in [0.2, 0.25) is 0 Å². The number of carbonyl (C=O) groups excluding carboxylic acids is 1. The molecule has 0 aromatic heterocycles. The van der Waals surface area contributed by atoms with Crippen LogP contribution in [-0.2, 0) is 4.79 Å². The van der Waals surface area contributed by atoms with Crippen LogP contribution in [0.5, 0.6) is 5.75 Å². The van der Waals surface area contributed by atoms with E-state index < -0.39 is 10.8 Å². The molecule has 1 atom stereocenters. The lowest BCUT2D eigenvalue weighted by atomic mass is 9.98. The second-order valence-electron chi connectivity index (χ2n) is 7.41. The minimum atomic E-state index is -0.497. The van der Waals surface area contributed by atoms with E-state index in [1.165, 1.54) is 30.8 Å². The first-order valence-corrected chi connectivity index (χ1v) is 11.1. The van der Waals surface area contributed by atoms with Crippen molar-refractivity contribution in [2.75, 3.05) is 18.1 Å². The van der Waals surface area contributed by atoms with Crippen molar-refractivity contribution in [1.82, 2.24) is 5.43 Å². The number of nitro groups is 1. The zero-order valence-electron chi connectivity index (χ0n) is 17.6. The molecule has 10 heteroatoms. The molecule has 0 saturated carbocycles. The Labute approximate surface area is 196 Å². The van der Waals surface area contributed by atoms with Crippen LogP contribution in [0.2, 0.25) is 10.0 Å². The summed E-state index contributed by atoms with van der Waals surface area (Å²) in [5, 5.41) is 16.0. The van der Waals surface area contributed by atoms with Crippen molar-refractivity contribution in [2.45, 2.75) is 38.6 Å². The number of piperidine rings is 1. The van der Waals surface area contributed by atoms with Gasteiger partial charge in [0.25, 0.3) is 11.6 Å². The van der Waals surface area contributed by atoms with Gasteiger partial charge in [-0.25, -0.2) is 5.43 Å². The summed E-state index contributed by atoms with van der Waals surface area (Å²) in [7, 11) is 0. The largest absolute Gasteiger partial charge is 0.482 e. The summed E-state index contributed by atoms with van der Waals surface area (Å²) in [6.45, 7) is 2.71. The third-order valence-electron chi connectivity index (χ3n) is 5.28. The molecule has 0 radical (unpaired) electrons. The highest BCUT2D eigenvalue weighted by Crippen LogP contribution is 2.31. The highest BCUT2D eigenvalue weighted by atomic mass is 35.5. The second kappa shape index (κ2) is 11.2. The minimum Gasteiger partial charge on any atom is -0.482 e. The highest BCUT2D eigenvalue weighted by molar-refractivity contribution is 6.35. The Morgan fingerprint density at radius 1 is 1.31 bits per heavy atom. The maximum Gasteiger partial charge on any atom is 0.277 e. The number of nitro benzene ring substituents is 1. The molecule has 1 unspecified atom stereocenters. The molecule has 1 aliphatic rings. The van der Waals surface area contributed by atoms with Crippen molar-refractivity contribution in [1.29, 1.82) is 0 Å². The number of rotatable bonds is 8. The number of ether oxygens (including phenoxy) is 1. The van der Waals surface area contributed by atoms with Crippen LogP contribution >= 0.6 is 23.2 Å². The number of hydrogen-bond acceptors (Lipinski definition) is 6. The van der Waals surface area contributed by atoms with E-state index in [1.807, 2.05) is 0 Å². The summed E-state index contributed by atoms with van der Waals surface area (Å²) in [6, 6.07) is 9.77. The molecule has 1 aliphatic heterocycles. The van der Waals surface area contributed by atoms with Crippen LogP contribution in [0.4, 0.5) is 11.4 Å². The topological polar surface area (TPSA) is 97.1 Å². The maximum absolute atomic E-state index is 12.1. The summed E-state index contributed by atoms with van der Waals surface area (Å²) in [5.41, 5.74) is 3.79. The van der Waals surface area contributed by atoms with E-state index in [9.17, 15) is 14.9 Å². The van der Waals surface area contributed by atoms with Crippen LogP contribution in [-0.4, -0.2) is 36.2 Å². The van der Waals surface area contributed by atoms with Crippen molar-refractivity contribution < 1.29 is 14.5 Å². The Bertz CT molecular complexity index is 1020. The van der Waals surface area contributed by atoms with Crippen LogP contribution in [0.15, 0.2) is 41.5 Å². The average Bonchev–Trinajstić information content (AvgIpc) is 2.78. The van der Waals surface area contributed by atoms with Gasteiger partial charge >= 0.3 is 0 Å². The Morgan fingerprint density at radius 2 is 2.12 bits per heavy atom. The molecule has 2 aromatic carbocycles. The van der Waals surface area contributed by atoms with Crippen LogP contribution in [0.1, 0.15) is 38.2 Å². The smallest absolute Gasteiger partial charge is 0.277 e. The quantitative estimate of drug-likeness (QED) is 0.319. The monoisotopic (exact) mass is 478 g/mol. The third-order valence-corrected chi connectivity index (χ3v) is 5.81. The number of nitrogens with zero attached hydrogens (tertiary/aromatic N) is 3. The van der Waals surface area contributed by atoms with E-state index in [4.69, 9.17) is 27.9 Å². The van der Waals surface area contributed by atoms with Gasteiger partial charge in [-0.05, 0) is 49.9 Å². The minimum absolute atomic E-state index is 0.0349. The van der Waals surface area contributed by atoms with Gasteiger partial charge in [0.15, 0.2) is 6.61 Å². The number of hydrogen-bond donors (Lipinski definition) is 1. The fourth-order valence-corrected chi connectivity index (χ4v) is 4.17. The van der Waals surface area contributed by atoms with E-state index in [2.05, 4.69) is 22.4 Å². The van der Waals surface area contributed by atoms with Crippen molar-refractivity contribution in [2.24, 2.45) is 5.10 Å². The number of carbonyl (C=O) groups is 1. The average molecular weight is 479 g/mol. The molecule has 1 N–H and O–H groups in total. The number of hydrazone groups is 1. The van der Waals surface area contributed by atoms with Gasteiger partial charge in [0, 0.05) is 41.0 Å². The number of nitrogens with one attached hydrogen (secondary N) is 1. The molecule has 2 aromatic rings. The standard InChI is InChI=1S/C22H24Cl2N4O4/c1-2-17-5-3-4-10-27(17)20-8-7-18(28(30)31)11-15(20)13-25-26-22(29)14-32-21-9-6-16(23)12-19(21)24/h6-9,11-13,17H,2-5,10,14H2,1H3,(H,26,29)/b25-13+. The SMILES string of the molecule is CCC1CCCCN1c1ccc([N+](=O)[O-])cc1/C=N/NC(=O)COc1ccc(Cl)cc1Cl. The lowest BCUT2D eigenvalue weighted by molar-refractivity contribution is -0.384. The van der Waals surface area contributed by atoms with E-state index >= 15 is 0 Å². The number of benzene rings is 2. The third kappa shape index (κ3) is 6.11. The Kier molecular flexibility index (Phi) is 8.30. The number of anilines is 1. The molecule has 32 heavy (non-hydrogen) atoms.